The summed E-state index contributed by atoms with van der Waals surface area (Å²) in [4.78, 5) is 11.3. The molecule has 2 bridgehead atoms. The van der Waals surface area contributed by atoms with E-state index in [1.165, 1.54) is 0 Å². The Morgan fingerprint density at radius 3 is 2.38 bits per heavy atom. The third-order valence-corrected chi connectivity index (χ3v) is 4.97. The summed E-state index contributed by atoms with van der Waals surface area (Å²) < 4.78 is 0. The molecule has 0 aromatic rings. The molecule has 0 radical (unpaired) electrons. The van der Waals surface area contributed by atoms with Crippen LogP contribution in [-0.2, 0) is 4.79 Å². The lowest BCUT2D eigenvalue weighted by atomic mass is 9.64. The van der Waals surface area contributed by atoms with E-state index in [0.29, 0.717) is 11.8 Å². The number of carboxylic acids is 1. The van der Waals surface area contributed by atoms with Gasteiger partial charge in [-0.3, -0.25) is 4.79 Å². The average molecular weight is 182 g/mol. The molecule has 0 saturated heterocycles. The molecule has 2 fully saturated rings. The zero-order valence-corrected chi connectivity index (χ0v) is 8.63. The molecule has 0 unspecified atom stereocenters. The van der Waals surface area contributed by atoms with Gasteiger partial charge in [0.05, 0.1) is 5.41 Å². The Labute approximate surface area is 79.3 Å². The van der Waals surface area contributed by atoms with Gasteiger partial charge in [-0.25, -0.2) is 0 Å². The molecule has 0 aliphatic heterocycles. The van der Waals surface area contributed by atoms with Gasteiger partial charge in [0.1, 0.15) is 0 Å². The second-order valence-electron chi connectivity index (χ2n) is 5.44. The summed E-state index contributed by atoms with van der Waals surface area (Å²) in [6, 6.07) is 0. The fourth-order valence-electron chi connectivity index (χ4n) is 3.55. The van der Waals surface area contributed by atoms with E-state index in [1.807, 2.05) is 0 Å². The third kappa shape index (κ3) is 0.866. The maximum Gasteiger partial charge on any atom is 0.309 e. The predicted octanol–water partition coefficient (Wildman–Crippen LogP) is 2.53. The quantitative estimate of drug-likeness (QED) is 0.676. The van der Waals surface area contributed by atoms with Crippen molar-refractivity contribution < 1.29 is 9.90 Å². The van der Waals surface area contributed by atoms with Gasteiger partial charge in [-0.15, -0.1) is 0 Å². The standard InChI is InChI=1S/C11H18O2/c1-7-10(2,3)8-4-5-11(7,6-8)9(12)13/h7-8H,4-6H2,1-3H3,(H,12,13)/t7-,8-,11+/m0/s1. The van der Waals surface area contributed by atoms with Gasteiger partial charge >= 0.3 is 5.97 Å². The minimum atomic E-state index is -0.562. The molecule has 0 heterocycles. The van der Waals surface area contributed by atoms with Crippen molar-refractivity contribution in [1.29, 1.82) is 0 Å². The average Bonchev–Trinajstić information content (AvgIpc) is 2.53. The second-order valence-corrected chi connectivity index (χ2v) is 5.44. The van der Waals surface area contributed by atoms with E-state index >= 15 is 0 Å². The topological polar surface area (TPSA) is 37.3 Å². The van der Waals surface area contributed by atoms with E-state index in [-0.39, 0.29) is 10.8 Å². The predicted molar refractivity (Wildman–Crippen MR) is 50.4 cm³/mol. The molecule has 2 rings (SSSR count). The van der Waals surface area contributed by atoms with Crippen molar-refractivity contribution in [1.82, 2.24) is 0 Å². The molecule has 74 valence electrons. The Morgan fingerprint density at radius 2 is 2.08 bits per heavy atom. The van der Waals surface area contributed by atoms with E-state index in [2.05, 4.69) is 20.8 Å². The van der Waals surface area contributed by atoms with Crippen LogP contribution in [0, 0.1) is 22.7 Å². The lowest BCUT2D eigenvalue weighted by Gasteiger charge is -2.39. The van der Waals surface area contributed by atoms with Gasteiger partial charge in [-0.2, -0.15) is 0 Å². The van der Waals surface area contributed by atoms with E-state index in [1.54, 1.807) is 0 Å². The summed E-state index contributed by atoms with van der Waals surface area (Å²) in [5.41, 5.74) is -0.148. The van der Waals surface area contributed by atoms with Crippen molar-refractivity contribution in [2.24, 2.45) is 22.7 Å². The molecule has 1 N–H and O–H groups in total. The van der Waals surface area contributed by atoms with Gasteiger partial charge in [-0.05, 0) is 36.5 Å². The summed E-state index contributed by atoms with van der Waals surface area (Å²) in [5, 5.41) is 9.29. The van der Waals surface area contributed by atoms with Gasteiger partial charge in [0.2, 0.25) is 0 Å². The van der Waals surface area contributed by atoms with Crippen molar-refractivity contribution in [3.8, 4) is 0 Å². The summed E-state index contributed by atoms with van der Waals surface area (Å²) in [6.07, 6.45) is 2.93. The van der Waals surface area contributed by atoms with Gasteiger partial charge in [0.15, 0.2) is 0 Å². The fourth-order valence-corrected chi connectivity index (χ4v) is 3.55. The van der Waals surface area contributed by atoms with Crippen molar-refractivity contribution >= 4 is 5.97 Å². The zero-order valence-electron chi connectivity index (χ0n) is 8.63. The third-order valence-electron chi connectivity index (χ3n) is 4.97. The molecule has 2 heteroatoms. The molecule has 2 aliphatic carbocycles. The molecule has 2 nitrogen and oxygen atoms in total. The molecule has 0 amide bonds. The molecular weight excluding hydrogens is 164 g/mol. The van der Waals surface area contributed by atoms with E-state index in [0.717, 1.165) is 19.3 Å². The van der Waals surface area contributed by atoms with Crippen LogP contribution >= 0.6 is 0 Å². The van der Waals surface area contributed by atoms with Crippen molar-refractivity contribution in [2.45, 2.75) is 40.0 Å². The Hall–Kier alpha value is -0.530. The lowest BCUT2D eigenvalue weighted by Crippen LogP contribution is -2.39. The molecule has 2 saturated carbocycles. The SMILES string of the molecule is C[C@H]1C(C)(C)[C@H]2CC[C@@]1(C(=O)O)C2. The Morgan fingerprint density at radius 1 is 1.46 bits per heavy atom. The molecule has 0 aromatic heterocycles. The first-order valence-corrected chi connectivity index (χ1v) is 5.14. The number of hydrogen-bond acceptors (Lipinski definition) is 1. The van der Waals surface area contributed by atoms with Crippen LogP contribution in [0.4, 0.5) is 0 Å². The van der Waals surface area contributed by atoms with Crippen molar-refractivity contribution in [2.75, 3.05) is 0 Å². The number of rotatable bonds is 1. The molecule has 3 atom stereocenters. The number of carboxylic acid groups (broad SMARTS) is 1. The summed E-state index contributed by atoms with van der Waals surface area (Å²) in [5.74, 6) is 0.405. The molecule has 0 aromatic carbocycles. The first kappa shape index (κ1) is 9.04. The summed E-state index contributed by atoms with van der Waals surface area (Å²) in [6.45, 7) is 6.58. The lowest BCUT2D eigenvalue weighted by molar-refractivity contribution is -0.152. The van der Waals surface area contributed by atoms with Gasteiger partial charge in [0.25, 0.3) is 0 Å². The smallest absolute Gasteiger partial charge is 0.309 e. The van der Waals surface area contributed by atoms with Crippen LogP contribution in [0.5, 0.6) is 0 Å². The number of carbonyl (C=O) groups is 1. The molecule has 13 heavy (non-hydrogen) atoms. The van der Waals surface area contributed by atoms with E-state index in [9.17, 15) is 9.90 Å². The van der Waals surface area contributed by atoms with Crippen LogP contribution in [0.2, 0.25) is 0 Å². The summed E-state index contributed by atoms with van der Waals surface area (Å²) in [7, 11) is 0. The van der Waals surface area contributed by atoms with Crippen molar-refractivity contribution in [3.63, 3.8) is 0 Å². The van der Waals surface area contributed by atoms with Gasteiger partial charge in [-0.1, -0.05) is 20.8 Å². The summed E-state index contributed by atoms with van der Waals surface area (Å²) >= 11 is 0. The first-order chi connectivity index (χ1) is 5.91. The molecule has 2 aliphatic rings. The minimum absolute atomic E-state index is 0.233. The Kier molecular flexibility index (Phi) is 1.59. The fraction of sp³-hybridized carbons (Fsp3) is 0.909. The number of hydrogen-bond donors (Lipinski definition) is 1. The second kappa shape index (κ2) is 2.28. The minimum Gasteiger partial charge on any atom is -0.481 e. The van der Waals surface area contributed by atoms with Crippen LogP contribution in [0.25, 0.3) is 0 Å². The highest BCUT2D eigenvalue weighted by atomic mass is 16.4. The largest absolute Gasteiger partial charge is 0.481 e. The maximum atomic E-state index is 11.3. The highest BCUT2D eigenvalue weighted by molar-refractivity contribution is 5.76. The monoisotopic (exact) mass is 182 g/mol. The zero-order chi connectivity index (χ0) is 9.85. The van der Waals surface area contributed by atoms with Gasteiger partial charge in [0, 0.05) is 0 Å². The van der Waals surface area contributed by atoms with Crippen LogP contribution < -0.4 is 0 Å². The number of aliphatic carboxylic acids is 1. The van der Waals surface area contributed by atoms with E-state index < -0.39 is 5.97 Å². The van der Waals surface area contributed by atoms with Crippen LogP contribution in [0.15, 0.2) is 0 Å². The van der Waals surface area contributed by atoms with Crippen molar-refractivity contribution in [3.05, 3.63) is 0 Å². The number of fused-ring (bicyclic) bond motifs is 2. The highest BCUT2D eigenvalue weighted by Gasteiger charge is 2.63. The highest BCUT2D eigenvalue weighted by Crippen LogP contribution is 2.65. The van der Waals surface area contributed by atoms with Crippen LogP contribution in [0.3, 0.4) is 0 Å². The van der Waals surface area contributed by atoms with Crippen LogP contribution in [-0.4, -0.2) is 11.1 Å². The first-order valence-electron chi connectivity index (χ1n) is 5.14. The van der Waals surface area contributed by atoms with E-state index in [4.69, 9.17) is 0 Å². The Balaban J connectivity index is 2.40. The molecule has 0 spiro atoms. The molecular formula is C11H18O2. The maximum absolute atomic E-state index is 11.3. The normalized spacial score (nSPS) is 46.7. The van der Waals surface area contributed by atoms with Gasteiger partial charge < -0.3 is 5.11 Å². The van der Waals surface area contributed by atoms with Crippen LogP contribution in [0.1, 0.15) is 40.0 Å². The Bertz CT molecular complexity index is 257.